The number of anilines is 1. The standard InChI is InChI=1S/C26H34N4O3/c1-33-11-10-30-15-20-13-26(20,16-30)19-4-2-17(3-5-19)18-12-23(24(27)28-14-18)25(32)29-21-6-8-22(31)9-7-21/h2-5,12,14,20-22,31H,6-11,13,15-16H2,1H3,(H2,27,28)(H,29,32)/t20-,21-,22-,26+/m1/s1. The Balaban J connectivity index is 1.28. The zero-order valence-electron chi connectivity index (χ0n) is 19.3. The fourth-order valence-corrected chi connectivity index (χ4v) is 5.72. The molecule has 2 aromatic rings. The molecule has 7 heteroatoms. The minimum atomic E-state index is -0.251. The van der Waals surface area contributed by atoms with Crippen LogP contribution in [0.25, 0.3) is 11.1 Å². The lowest BCUT2D eigenvalue weighted by atomic mass is 9.92. The lowest BCUT2D eigenvalue weighted by Crippen LogP contribution is -2.38. The van der Waals surface area contributed by atoms with Crippen LogP contribution in [-0.2, 0) is 10.2 Å². The van der Waals surface area contributed by atoms with Gasteiger partial charge in [-0.3, -0.25) is 9.69 Å². The van der Waals surface area contributed by atoms with Crippen molar-refractivity contribution in [1.82, 2.24) is 15.2 Å². The summed E-state index contributed by atoms with van der Waals surface area (Å²) in [6.07, 6.45) is 5.76. The number of carbonyl (C=O) groups is 1. The molecule has 1 amide bonds. The van der Waals surface area contributed by atoms with Crippen molar-refractivity contribution in [3.63, 3.8) is 0 Å². The fourth-order valence-electron chi connectivity index (χ4n) is 5.72. The number of hydrogen-bond acceptors (Lipinski definition) is 6. The molecule has 4 N–H and O–H groups in total. The van der Waals surface area contributed by atoms with Gasteiger partial charge in [-0.15, -0.1) is 0 Å². The van der Waals surface area contributed by atoms with Gasteiger partial charge in [0.25, 0.3) is 5.91 Å². The van der Waals surface area contributed by atoms with Crippen molar-refractivity contribution in [3.05, 3.63) is 47.7 Å². The number of nitrogens with zero attached hydrogens (tertiary/aromatic N) is 2. The number of amides is 1. The highest BCUT2D eigenvalue weighted by atomic mass is 16.5. The zero-order valence-corrected chi connectivity index (χ0v) is 19.3. The summed E-state index contributed by atoms with van der Waals surface area (Å²) in [7, 11) is 1.76. The van der Waals surface area contributed by atoms with Gasteiger partial charge < -0.3 is 20.9 Å². The van der Waals surface area contributed by atoms with Crippen molar-refractivity contribution >= 4 is 11.7 Å². The van der Waals surface area contributed by atoms with Crippen LogP contribution in [0.1, 0.15) is 48.0 Å². The number of aliphatic hydroxyl groups excluding tert-OH is 1. The van der Waals surface area contributed by atoms with Gasteiger partial charge in [-0.1, -0.05) is 24.3 Å². The Morgan fingerprint density at radius 3 is 2.73 bits per heavy atom. The van der Waals surface area contributed by atoms with E-state index in [1.54, 1.807) is 13.3 Å². The molecule has 33 heavy (non-hydrogen) atoms. The van der Waals surface area contributed by atoms with Crippen LogP contribution < -0.4 is 11.1 Å². The van der Waals surface area contributed by atoms with Crippen LogP contribution in [0, 0.1) is 5.92 Å². The summed E-state index contributed by atoms with van der Waals surface area (Å²) in [5, 5.41) is 12.8. The van der Waals surface area contributed by atoms with Crippen molar-refractivity contribution in [2.45, 2.75) is 49.7 Å². The van der Waals surface area contributed by atoms with Crippen LogP contribution in [0.2, 0.25) is 0 Å². The van der Waals surface area contributed by atoms with E-state index in [-0.39, 0.29) is 23.9 Å². The molecule has 0 spiro atoms. The minimum Gasteiger partial charge on any atom is -0.393 e. The summed E-state index contributed by atoms with van der Waals surface area (Å²) in [5.41, 5.74) is 10.1. The molecule has 0 unspecified atom stereocenters. The highest BCUT2D eigenvalue weighted by molar-refractivity contribution is 5.99. The van der Waals surface area contributed by atoms with E-state index >= 15 is 0 Å². The Labute approximate surface area is 195 Å². The number of fused-ring (bicyclic) bond motifs is 1. The lowest BCUT2D eigenvalue weighted by Gasteiger charge is -2.26. The van der Waals surface area contributed by atoms with Crippen LogP contribution in [0.3, 0.4) is 0 Å². The molecule has 2 saturated carbocycles. The first-order valence-electron chi connectivity index (χ1n) is 12.0. The Kier molecular flexibility index (Phi) is 6.12. The third kappa shape index (κ3) is 4.50. The number of hydrogen-bond donors (Lipinski definition) is 3. The maximum atomic E-state index is 12.9. The van der Waals surface area contributed by atoms with E-state index in [2.05, 4.69) is 39.5 Å². The number of aromatic nitrogens is 1. The van der Waals surface area contributed by atoms with Crippen molar-refractivity contribution in [3.8, 4) is 11.1 Å². The molecule has 2 aliphatic carbocycles. The molecule has 2 atom stereocenters. The number of methoxy groups -OCH3 is 1. The second-order valence-corrected chi connectivity index (χ2v) is 10.00. The predicted octanol–water partition coefficient (Wildman–Crippen LogP) is 2.58. The first kappa shape index (κ1) is 22.3. The molecule has 0 bridgehead atoms. The van der Waals surface area contributed by atoms with Gasteiger partial charge in [-0.25, -0.2) is 4.98 Å². The number of aliphatic hydroxyl groups is 1. The van der Waals surface area contributed by atoms with Gasteiger partial charge in [0.1, 0.15) is 5.82 Å². The molecule has 1 aromatic heterocycles. The number of nitrogens with one attached hydrogen (secondary N) is 1. The molecule has 2 heterocycles. The number of ether oxygens (including phenoxy) is 1. The average molecular weight is 451 g/mol. The summed E-state index contributed by atoms with van der Waals surface area (Å²) in [6, 6.07) is 10.6. The molecule has 1 aliphatic heterocycles. The van der Waals surface area contributed by atoms with Gasteiger partial charge in [0, 0.05) is 50.0 Å². The summed E-state index contributed by atoms with van der Waals surface area (Å²) in [4.78, 5) is 19.7. The molecular formula is C26H34N4O3. The highest BCUT2D eigenvalue weighted by Gasteiger charge is 2.60. The predicted molar refractivity (Wildman–Crippen MR) is 128 cm³/mol. The van der Waals surface area contributed by atoms with Crippen molar-refractivity contribution < 1.29 is 14.6 Å². The molecule has 1 saturated heterocycles. The number of nitrogen functional groups attached to an aromatic ring is 1. The monoisotopic (exact) mass is 450 g/mol. The number of rotatable bonds is 7. The van der Waals surface area contributed by atoms with E-state index in [0.717, 1.165) is 69.0 Å². The summed E-state index contributed by atoms with van der Waals surface area (Å²) in [6.45, 7) is 4.04. The molecule has 5 rings (SSSR count). The van der Waals surface area contributed by atoms with Gasteiger partial charge in [0.2, 0.25) is 0 Å². The lowest BCUT2D eigenvalue weighted by molar-refractivity contribution is 0.0868. The molecular weight excluding hydrogens is 416 g/mol. The number of likely N-dealkylation sites (tertiary alicyclic amines) is 1. The van der Waals surface area contributed by atoms with E-state index in [0.29, 0.717) is 11.0 Å². The Hall–Kier alpha value is -2.48. The van der Waals surface area contributed by atoms with Gasteiger partial charge in [-0.05, 0) is 55.2 Å². The first-order chi connectivity index (χ1) is 16.0. The van der Waals surface area contributed by atoms with E-state index in [1.807, 2.05) is 6.07 Å². The first-order valence-corrected chi connectivity index (χ1v) is 12.0. The molecule has 3 aliphatic rings. The summed E-state index contributed by atoms with van der Waals surface area (Å²) >= 11 is 0. The largest absolute Gasteiger partial charge is 0.393 e. The van der Waals surface area contributed by atoms with E-state index in [9.17, 15) is 9.90 Å². The minimum absolute atomic E-state index is 0.0730. The number of pyridine rings is 1. The SMILES string of the molecule is COCCN1C[C@H]2C[C@@]2(c2ccc(-c3cnc(N)c(C(=O)N[C@H]4CC[C@H](O)CC4)c3)cc2)C1. The molecule has 3 fully saturated rings. The Morgan fingerprint density at radius 1 is 1.24 bits per heavy atom. The van der Waals surface area contributed by atoms with Crippen LogP contribution in [-0.4, -0.2) is 66.4 Å². The van der Waals surface area contributed by atoms with Crippen LogP contribution in [0.4, 0.5) is 5.82 Å². The van der Waals surface area contributed by atoms with Crippen LogP contribution >= 0.6 is 0 Å². The quantitative estimate of drug-likeness (QED) is 0.600. The maximum absolute atomic E-state index is 12.9. The fraction of sp³-hybridized carbons (Fsp3) is 0.538. The highest BCUT2D eigenvalue weighted by Crippen LogP contribution is 2.59. The summed E-state index contributed by atoms with van der Waals surface area (Å²) in [5.74, 6) is 0.793. The summed E-state index contributed by atoms with van der Waals surface area (Å²) < 4.78 is 5.24. The van der Waals surface area contributed by atoms with Crippen LogP contribution in [0.5, 0.6) is 0 Å². The van der Waals surface area contributed by atoms with Gasteiger partial charge in [0.05, 0.1) is 18.3 Å². The number of nitrogens with two attached hydrogens (primary N) is 1. The van der Waals surface area contributed by atoms with Gasteiger partial charge in [0.15, 0.2) is 0 Å². The Bertz CT molecular complexity index is 1000. The second-order valence-electron chi connectivity index (χ2n) is 10.00. The topological polar surface area (TPSA) is 101 Å². The normalized spacial score (nSPS) is 29.0. The van der Waals surface area contributed by atoms with Crippen molar-refractivity contribution in [2.24, 2.45) is 5.92 Å². The van der Waals surface area contributed by atoms with Gasteiger partial charge in [-0.2, -0.15) is 0 Å². The van der Waals surface area contributed by atoms with E-state index in [4.69, 9.17) is 10.5 Å². The van der Waals surface area contributed by atoms with Crippen molar-refractivity contribution in [1.29, 1.82) is 0 Å². The van der Waals surface area contributed by atoms with Gasteiger partial charge >= 0.3 is 0 Å². The second kappa shape index (κ2) is 9.05. The number of carbonyl (C=O) groups excluding carboxylic acids is 1. The smallest absolute Gasteiger partial charge is 0.255 e. The molecule has 1 aromatic carbocycles. The number of benzene rings is 1. The molecule has 7 nitrogen and oxygen atoms in total. The van der Waals surface area contributed by atoms with E-state index in [1.165, 1.54) is 12.0 Å². The Morgan fingerprint density at radius 2 is 2.00 bits per heavy atom. The third-order valence-corrected chi connectivity index (χ3v) is 7.82. The molecule has 176 valence electrons. The molecule has 0 radical (unpaired) electrons. The van der Waals surface area contributed by atoms with E-state index < -0.39 is 0 Å². The van der Waals surface area contributed by atoms with Crippen LogP contribution in [0.15, 0.2) is 36.5 Å². The third-order valence-electron chi connectivity index (χ3n) is 7.82. The van der Waals surface area contributed by atoms with Crippen molar-refractivity contribution in [2.75, 3.05) is 39.1 Å². The maximum Gasteiger partial charge on any atom is 0.255 e. The number of piperidine rings is 1. The zero-order chi connectivity index (χ0) is 23.0. The average Bonchev–Trinajstić information content (AvgIpc) is 3.40.